The Morgan fingerprint density at radius 1 is 1.08 bits per heavy atom. The number of aliphatic hydroxyl groups is 1. The molecule has 0 spiro atoms. The van der Waals surface area contributed by atoms with E-state index in [0.29, 0.717) is 13.0 Å². The van der Waals surface area contributed by atoms with E-state index in [2.05, 4.69) is 50.9 Å². The summed E-state index contributed by atoms with van der Waals surface area (Å²) in [6.45, 7) is 8.84. The number of carbonyl (C=O) groups is 2. The monoisotopic (exact) mass is 642 g/mol. The number of rotatable bonds is 6. The fourth-order valence-corrected chi connectivity index (χ4v) is 7.96. The molecular weight excluding hydrogens is 608 g/mol. The Bertz CT molecular complexity index is 1280. The molecule has 2 saturated heterocycles. The number of hydrogen-bond acceptors (Lipinski definition) is 3. The molecule has 2 heterocycles. The topological polar surface area (TPSA) is 60.9 Å². The zero-order chi connectivity index (χ0) is 27.5. The summed E-state index contributed by atoms with van der Waals surface area (Å²) in [5.41, 5.74) is 0.486. The largest absolute Gasteiger partial charge is 0.369 e. The van der Waals surface area contributed by atoms with Gasteiger partial charge in [-0.15, -0.1) is 0 Å². The van der Waals surface area contributed by atoms with Crippen LogP contribution in [0.25, 0.3) is 6.08 Å². The lowest BCUT2D eigenvalue weighted by molar-refractivity contribution is -0.244. The average molecular weight is 644 g/mol. The Morgan fingerprint density at radius 2 is 1.68 bits per heavy atom. The molecule has 1 N–H and O–H groups in total. The molecule has 3 amide bonds. The summed E-state index contributed by atoms with van der Waals surface area (Å²) < 4.78 is 2.03. The number of carbonyl (C=O) groups excluding carboxylic acids is 2. The molecule has 5 nitrogen and oxygen atoms in total. The fraction of sp³-hybridized carbons (Fsp3) is 0.484. The third kappa shape index (κ3) is 4.39. The highest BCUT2D eigenvalue weighted by molar-refractivity contribution is 9.10. The molecule has 1 saturated carbocycles. The highest BCUT2D eigenvalue weighted by Crippen LogP contribution is 2.64. The maximum Gasteiger partial charge on any atom is 0.329 e. The Kier molecular flexibility index (Phi) is 7.19. The molecule has 0 radical (unpaired) electrons. The van der Waals surface area contributed by atoms with E-state index in [1.165, 1.54) is 10.5 Å². The smallest absolute Gasteiger partial charge is 0.329 e. The maximum absolute atomic E-state index is 14.2. The third-order valence-corrected chi connectivity index (χ3v) is 10.2. The van der Waals surface area contributed by atoms with Crippen molar-refractivity contribution >= 4 is 49.9 Å². The summed E-state index contributed by atoms with van der Waals surface area (Å²) in [6, 6.07) is 15.9. The molecule has 7 heteroatoms. The molecule has 3 aliphatic rings. The number of benzene rings is 2. The number of piperidine rings is 1. The van der Waals surface area contributed by atoms with Gasteiger partial charge in [0.1, 0.15) is 5.41 Å². The number of imide groups is 1. The second-order valence-electron chi connectivity index (χ2n) is 12.2. The van der Waals surface area contributed by atoms with Crippen LogP contribution in [0, 0.1) is 22.7 Å². The van der Waals surface area contributed by atoms with Gasteiger partial charge in [-0.25, -0.2) is 4.79 Å². The Balaban J connectivity index is 1.50. The minimum absolute atomic E-state index is 0.102. The first-order valence-corrected chi connectivity index (χ1v) is 15.0. The number of nitrogens with zero attached hydrogens (tertiary/aromatic N) is 2. The van der Waals surface area contributed by atoms with Crippen LogP contribution in [-0.2, 0) is 11.2 Å². The van der Waals surface area contributed by atoms with E-state index >= 15 is 0 Å². The van der Waals surface area contributed by atoms with Crippen LogP contribution in [-0.4, -0.2) is 45.7 Å². The van der Waals surface area contributed by atoms with Gasteiger partial charge in [0.25, 0.3) is 0 Å². The molecule has 202 valence electrons. The molecule has 2 aliphatic heterocycles. The van der Waals surface area contributed by atoms with E-state index in [4.69, 9.17) is 0 Å². The third-order valence-electron chi connectivity index (χ3n) is 9.11. The predicted octanol–water partition coefficient (Wildman–Crippen LogP) is 7.27. The second-order valence-corrected chi connectivity index (χ2v) is 14.0. The van der Waals surface area contributed by atoms with E-state index in [0.717, 1.165) is 39.3 Å². The summed E-state index contributed by atoms with van der Waals surface area (Å²) in [7, 11) is 0. The van der Waals surface area contributed by atoms with Gasteiger partial charge in [-0.1, -0.05) is 88.5 Å². The van der Waals surface area contributed by atoms with Crippen molar-refractivity contribution in [3.05, 3.63) is 74.2 Å². The first-order valence-electron chi connectivity index (χ1n) is 13.4. The number of hydrogen-bond donors (Lipinski definition) is 1. The number of urea groups is 1. The summed E-state index contributed by atoms with van der Waals surface area (Å²) in [5, 5.41) is 12.4. The summed E-state index contributed by atoms with van der Waals surface area (Å²) in [4.78, 5) is 31.4. The molecule has 2 aromatic carbocycles. The van der Waals surface area contributed by atoms with E-state index in [1.807, 2.05) is 63.2 Å². The van der Waals surface area contributed by atoms with Gasteiger partial charge in [0, 0.05) is 21.4 Å². The standard InChI is InChI=1S/C31H36Br2N2O3/c1-20(2)30-14-13-24-17-29(4,16-23-7-11-26(33)12-8-23)19-35(31(24,30)38)28(37)34(27(30)36)18-21(3)15-22-5-9-25(32)10-6-22/h5-12,15,20,24,38H,13-14,16-19H2,1-4H3/b21-15+/t24-,29-,30-,31-/m0/s1. The zero-order valence-electron chi connectivity index (χ0n) is 22.5. The summed E-state index contributed by atoms with van der Waals surface area (Å²) in [5.74, 6) is -0.456. The Morgan fingerprint density at radius 3 is 2.29 bits per heavy atom. The minimum Gasteiger partial charge on any atom is -0.369 e. The molecule has 4 atom stereocenters. The molecule has 5 rings (SSSR count). The van der Waals surface area contributed by atoms with Crippen LogP contribution in [0.5, 0.6) is 0 Å². The fourth-order valence-electron chi connectivity index (χ4n) is 7.43. The number of amides is 3. The van der Waals surface area contributed by atoms with E-state index in [-0.39, 0.29) is 35.7 Å². The molecule has 38 heavy (non-hydrogen) atoms. The normalized spacial score (nSPS) is 31.3. The number of halogens is 2. The Hall–Kier alpha value is -1.96. The van der Waals surface area contributed by atoms with E-state index < -0.39 is 11.1 Å². The van der Waals surface area contributed by atoms with Gasteiger partial charge in [0.15, 0.2) is 5.72 Å². The SMILES string of the molecule is C/C(=C\c1ccc(Br)cc1)CN1C(=O)N2C[C@@](C)(Cc3ccc(Br)cc3)C[C@@H]3CC[C@](C(C)C)(C1=O)[C@@]32O. The van der Waals surface area contributed by atoms with Crippen molar-refractivity contribution in [2.24, 2.45) is 22.7 Å². The van der Waals surface area contributed by atoms with Gasteiger partial charge in [-0.3, -0.25) is 14.6 Å². The van der Waals surface area contributed by atoms with Gasteiger partial charge in [-0.2, -0.15) is 0 Å². The molecule has 0 unspecified atom stereocenters. The van der Waals surface area contributed by atoms with Crippen molar-refractivity contribution in [2.75, 3.05) is 13.1 Å². The van der Waals surface area contributed by atoms with Crippen molar-refractivity contribution < 1.29 is 14.7 Å². The van der Waals surface area contributed by atoms with Gasteiger partial charge in [0.2, 0.25) is 5.91 Å². The lowest BCUT2D eigenvalue weighted by atomic mass is 9.61. The molecular formula is C31H36Br2N2O3. The molecule has 3 fully saturated rings. The highest BCUT2D eigenvalue weighted by atomic mass is 79.9. The van der Waals surface area contributed by atoms with Crippen LogP contribution in [0.3, 0.4) is 0 Å². The second kappa shape index (κ2) is 9.90. The van der Waals surface area contributed by atoms with Crippen molar-refractivity contribution in [1.82, 2.24) is 9.80 Å². The van der Waals surface area contributed by atoms with Gasteiger partial charge in [-0.05, 0) is 79.3 Å². The first-order chi connectivity index (χ1) is 17.9. The quantitative estimate of drug-likeness (QED) is 0.360. The molecule has 0 bridgehead atoms. The van der Waals surface area contributed by atoms with Crippen molar-refractivity contribution in [3.63, 3.8) is 0 Å². The van der Waals surface area contributed by atoms with Crippen LogP contribution in [0.15, 0.2) is 63.0 Å². The van der Waals surface area contributed by atoms with Gasteiger partial charge >= 0.3 is 6.03 Å². The minimum atomic E-state index is -1.45. The highest BCUT2D eigenvalue weighted by Gasteiger charge is 2.74. The van der Waals surface area contributed by atoms with Crippen LogP contribution in [0.4, 0.5) is 4.79 Å². The van der Waals surface area contributed by atoms with Crippen LogP contribution < -0.4 is 0 Å². The molecule has 0 aromatic heterocycles. The predicted molar refractivity (Wildman–Crippen MR) is 157 cm³/mol. The summed E-state index contributed by atoms with van der Waals surface area (Å²) >= 11 is 6.98. The Labute approximate surface area is 242 Å². The average Bonchev–Trinajstić information content (AvgIpc) is 3.17. The van der Waals surface area contributed by atoms with Crippen molar-refractivity contribution in [1.29, 1.82) is 0 Å². The van der Waals surface area contributed by atoms with Gasteiger partial charge < -0.3 is 5.11 Å². The lowest BCUT2D eigenvalue weighted by Gasteiger charge is -2.62. The first kappa shape index (κ1) is 27.6. The zero-order valence-corrected chi connectivity index (χ0v) is 25.7. The van der Waals surface area contributed by atoms with Crippen LogP contribution in [0.1, 0.15) is 58.1 Å². The van der Waals surface area contributed by atoms with Crippen LogP contribution >= 0.6 is 31.9 Å². The maximum atomic E-state index is 14.2. The van der Waals surface area contributed by atoms with E-state index in [9.17, 15) is 14.7 Å². The van der Waals surface area contributed by atoms with Crippen molar-refractivity contribution in [3.8, 4) is 0 Å². The lowest BCUT2D eigenvalue weighted by Crippen LogP contribution is -2.78. The van der Waals surface area contributed by atoms with E-state index in [1.54, 1.807) is 4.90 Å². The van der Waals surface area contributed by atoms with Crippen molar-refractivity contribution in [2.45, 2.75) is 59.1 Å². The van der Waals surface area contributed by atoms with Crippen LogP contribution in [0.2, 0.25) is 0 Å². The van der Waals surface area contributed by atoms with Gasteiger partial charge in [0.05, 0.1) is 6.54 Å². The summed E-state index contributed by atoms with van der Waals surface area (Å²) in [6.07, 6.45) is 4.94. The molecule has 2 aromatic rings. The molecule has 1 aliphatic carbocycles.